The lowest BCUT2D eigenvalue weighted by Gasteiger charge is -2.22. The van der Waals surface area contributed by atoms with Crippen LogP contribution in [0.15, 0.2) is 18.2 Å². The average molecular weight is 334 g/mol. The number of hydrogen-bond donors (Lipinski definition) is 1. The largest absolute Gasteiger partial charge is 0.478 e. The first-order valence-corrected chi connectivity index (χ1v) is 6.06. The summed E-state index contributed by atoms with van der Waals surface area (Å²) in [6.45, 7) is -0.880. The standard InChI is InChI=1S/C11H8F6O3S/c12-10(13,14)9(11(15,16)17)20-5-7-2-1-6(21-7)3-4-8(18)19/h1-4,9H,5H2,(H,18,19)/b4-3+. The fourth-order valence-corrected chi connectivity index (χ4v) is 2.09. The molecule has 1 aromatic rings. The van der Waals surface area contributed by atoms with Crippen LogP contribution in [0.25, 0.3) is 6.08 Å². The van der Waals surface area contributed by atoms with Crippen molar-refractivity contribution in [3.8, 4) is 0 Å². The molecule has 21 heavy (non-hydrogen) atoms. The maximum Gasteiger partial charge on any atom is 0.423 e. The van der Waals surface area contributed by atoms with Gasteiger partial charge in [0.2, 0.25) is 6.10 Å². The van der Waals surface area contributed by atoms with E-state index in [1.807, 2.05) is 0 Å². The van der Waals surface area contributed by atoms with Crippen LogP contribution in [0.4, 0.5) is 26.3 Å². The molecule has 1 N–H and O–H groups in total. The summed E-state index contributed by atoms with van der Waals surface area (Å²) < 4.78 is 77.2. The highest BCUT2D eigenvalue weighted by atomic mass is 32.1. The minimum atomic E-state index is -5.55. The molecule has 0 unspecified atom stereocenters. The van der Waals surface area contributed by atoms with Gasteiger partial charge in [0.05, 0.1) is 6.61 Å². The summed E-state index contributed by atoms with van der Waals surface area (Å²) in [7, 11) is 0. The Balaban J connectivity index is 2.71. The van der Waals surface area contributed by atoms with E-state index in [-0.39, 0.29) is 4.88 Å². The summed E-state index contributed by atoms with van der Waals surface area (Å²) in [5, 5.41) is 8.38. The molecule has 0 fully saturated rings. The molecule has 0 radical (unpaired) electrons. The molecule has 0 saturated carbocycles. The van der Waals surface area contributed by atoms with E-state index in [2.05, 4.69) is 4.74 Å². The number of carbonyl (C=O) groups is 1. The summed E-state index contributed by atoms with van der Waals surface area (Å²) in [5.74, 6) is -1.23. The highest BCUT2D eigenvalue weighted by molar-refractivity contribution is 7.12. The first kappa shape index (κ1) is 17.5. The Morgan fingerprint density at radius 3 is 2.29 bits per heavy atom. The molecular weight excluding hydrogens is 326 g/mol. The van der Waals surface area contributed by atoms with Crippen molar-refractivity contribution in [2.75, 3.05) is 0 Å². The van der Waals surface area contributed by atoms with Crippen LogP contribution in [0.1, 0.15) is 9.75 Å². The maximum absolute atomic E-state index is 12.2. The van der Waals surface area contributed by atoms with Crippen molar-refractivity contribution >= 4 is 23.4 Å². The highest BCUT2D eigenvalue weighted by Gasteiger charge is 2.57. The molecular formula is C11H8F6O3S. The predicted octanol–water partition coefficient (Wildman–Crippen LogP) is 3.86. The van der Waals surface area contributed by atoms with Crippen LogP contribution < -0.4 is 0 Å². The zero-order valence-corrected chi connectivity index (χ0v) is 10.9. The summed E-state index contributed by atoms with van der Waals surface area (Å²) >= 11 is 0.828. The van der Waals surface area contributed by atoms with Gasteiger partial charge in [-0.25, -0.2) is 4.79 Å². The van der Waals surface area contributed by atoms with Gasteiger partial charge >= 0.3 is 18.3 Å². The number of alkyl halides is 6. The van der Waals surface area contributed by atoms with E-state index in [0.717, 1.165) is 17.4 Å². The van der Waals surface area contributed by atoms with Gasteiger partial charge in [0, 0.05) is 15.8 Å². The molecule has 0 atom stereocenters. The molecule has 118 valence electrons. The fraction of sp³-hybridized carbons (Fsp3) is 0.364. The Kier molecular flexibility index (Phi) is 5.40. The van der Waals surface area contributed by atoms with E-state index >= 15 is 0 Å². The van der Waals surface area contributed by atoms with Crippen LogP contribution in [-0.2, 0) is 16.1 Å². The van der Waals surface area contributed by atoms with Crippen molar-refractivity contribution in [2.24, 2.45) is 0 Å². The van der Waals surface area contributed by atoms with Gasteiger partial charge in [0.15, 0.2) is 0 Å². The highest BCUT2D eigenvalue weighted by Crippen LogP contribution is 2.36. The summed E-state index contributed by atoms with van der Waals surface area (Å²) in [6, 6.07) is 2.62. The van der Waals surface area contributed by atoms with E-state index in [0.29, 0.717) is 4.88 Å². The molecule has 1 heterocycles. The van der Waals surface area contributed by atoms with E-state index in [4.69, 9.17) is 5.11 Å². The second kappa shape index (κ2) is 6.48. The zero-order chi connectivity index (χ0) is 16.3. The second-order valence-electron chi connectivity index (χ2n) is 3.75. The Bertz CT molecular complexity index is 503. The number of carboxylic acid groups (broad SMARTS) is 1. The Hall–Kier alpha value is -1.55. The molecule has 0 bridgehead atoms. The smallest absolute Gasteiger partial charge is 0.423 e. The van der Waals surface area contributed by atoms with Gasteiger partial charge < -0.3 is 9.84 Å². The zero-order valence-electron chi connectivity index (χ0n) is 10.0. The molecule has 0 spiro atoms. The van der Waals surface area contributed by atoms with E-state index in [9.17, 15) is 31.1 Å². The molecule has 0 amide bonds. The first-order valence-electron chi connectivity index (χ1n) is 5.25. The van der Waals surface area contributed by atoms with Crippen LogP contribution in [0, 0.1) is 0 Å². The minimum absolute atomic E-state index is 0.110. The second-order valence-corrected chi connectivity index (χ2v) is 4.95. The number of halogens is 6. The lowest BCUT2D eigenvalue weighted by atomic mass is 10.3. The first-order chi connectivity index (χ1) is 9.50. The number of rotatable bonds is 5. The Morgan fingerprint density at radius 2 is 1.81 bits per heavy atom. The summed E-state index contributed by atoms with van der Waals surface area (Å²) in [5.41, 5.74) is 0. The van der Waals surface area contributed by atoms with Crippen molar-refractivity contribution in [1.82, 2.24) is 0 Å². The van der Waals surface area contributed by atoms with Crippen molar-refractivity contribution < 1.29 is 41.0 Å². The van der Waals surface area contributed by atoms with Gasteiger partial charge in [-0.3, -0.25) is 0 Å². The van der Waals surface area contributed by atoms with E-state index < -0.39 is 31.0 Å². The number of ether oxygens (including phenoxy) is 1. The van der Waals surface area contributed by atoms with Crippen molar-refractivity contribution in [2.45, 2.75) is 25.1 Å². The molecule has 0 aromatic carbocycles. The van der Waals surface area contributed by atoms with Gasteiger partial charge in [-0.2, -0.15) is 26.3 Å². The lowest BCUT2D eigenvalue weighted by Crippen LogP contribution is -2.44. The topological polar surface area (TPSA) is 46.5 Å². The Morgan fingerprint density at radius 1 is 1.24 bits per heavy atom. The molecule has 1 aromatic heterocycles. The Labute approximate surface area is 118 Å². The van der Waals surface area contributed by atoms with Crippen LogP contribution in [0.2, 0.25) is 0 Å². The van der Waals surface area contributed by atoms with Gasteiger partial charge in [0.1, 0.15) is 0 Å². The monoisotopic (exact) mass is 334 g/mol. The van der Waals surface area contributed by atoms with Crippen molar-refractivity contribution in [3.05, 3.63) is 28.0 Å². The number of hydrogen-bond acceptors (Lipinski definition) is 3. The van der Waals surface area contributed by atoms with Gasteiger partial charge in [-0.05, 0) is 18.2 Å². The molecule has 0 aliphatic rings. The third-order valence-electron chi connectivity index (χ3n) is 2.06. The molecule has 3 nitrogen and oxygen atoms in total. The third kappa shape index (κ3) is 5.76. The lowest BCUT2D eigenvalue weighted by molar-refractivity contribution is -0.324. The normalized spacial score (nSPS) is 13.3. The molecule has 1 rings (SSSR count). The number of thiophene rings is 1. The van der Waals surface area contributed by atoms with Crippen molar-refractivity contribution in [1.29, 1.82) is 0 Å². The quantitative estimate of drug-likeness (QED) is 0.657. The van der Waals surface area contributed by atoms with Gasteiger partial charge in [-0.1, -0.05) is 0 Å². The molecule has 0 aliphatic carbocycles. The van der Waals surface area contributed by atoms with Crippen LogP contribution in [0.3, 0.4) is 0 Å². The van der Waals surface area contributed by atoms with Crippen LogP contribution in [-0.4, -0.2) is 29.5 Å². The summed E-state index contributed by atoms with van der Waals surface area (Å²) in [4.78, 5) is 10.7. The molecule has 0 aliphatic heterocycles. The summed E-state index contributed by atoms with van der Waals surface area (Å²) in [6.07, 6.45) is -13.0. The van der Waals surface area contributed by atoms with Crippen LogP contribution >= 0.6 is 11.3 Å². The molecule has 0 saturated heterocycles. The fourth-order valence-electron chi connectivity index (χ4n) is 1.26. The third-order valence-corrected chi connectivity index (χ3v) is 3.08. The maximum atomic E-state index is 12.2. The number of carboxylic acids is 1. The minimum Gasteiger partial charge on any atom is -0.478 e. The number of aliphatic carboxylic acids is 1. The van der Waals surface area contributed by atoms with E-state index in [1.54, 1.807) is 0 Å². The van der Waals surface area contributed by atoms with Crippen LogP contribution in [0.5, 0.6) is 0 Å². The van der Waals surface area contributed by atoms with E-state index in [1.165, 1.54) is 18.2 Å². The van der Waals surface area contributed by atoms with Gasteiger partial charge in [-0.15, -0.1) is 11.3 Å². The average Bonchev–Trinajstić information content (AvgIpc) is 2.70. The predicted molar refractivity (Wildman–Crippen MR) is 61.7 cm³/mol. The molecule has 10 heteroatoms. The van der Waals surface area contributed by atoms with Crippen molar-refractivity contribution in [3.63, 3.8) is 0 Å². The van der Waals surface area contributed by atoms with Gasteiger partial charge in [0.25, 0.3) is 0 Å². The SMILES string of the molecule is O=C(O)/C=C/c1ccc(COC(C(F)(F)F)C(F)(F)F)s1.